The summed E-state index contributed by atoms with van der Waals surface area (Å²) in [5.74, 6) is 0.449. The number of nitrogens with one attached hydrogen (secondary N) is 1. The van der Waals surface area contributed by atoms with Gasteiger partial charge in [0.05, 0.1) is 29.6 Å². The van der Waals surface area contributed by atoms with E-state index in [-0.39, 0.29) is 29.9 Å². The van der Waals surface area contributed by atoms with Crippen LogP contribution in [0.15, 0.2) is 71.1 Å². The Kier molecular flexibility index (Phi) is 12.5. The van der Waals surface area contributed by atoms with Crippen molar-refractivity contribution in [3.63, 3.8) is 0 Å². The lowest BCUT2D eigenvalue weighted by atomic mass is 9.84. The van der Waals surface area contributed by atoms with Crippen molar-refractivity contribution in [3.8, 4) is 5.75 Å². The molecule has 13 nitrogen and oxygen atoms in total. The molecule has 1 atom stereocenters. The SMILES string of the molecule is CCCCCC(CC(=O)Nc1cc(CN(c2nccs2)S(=O)(=O)c2ccc([N+](=O)[O-])cc2[N+](=O)[O-])ccc1C(C)(C)C)c1cccc(C)c1OC. The molecule has 1 amide bonds. The second-order valence-corrected chi connectivity index (χ2v) is 16.0. The van der Waals surface area contributed by atoms with Gasteiger partial charge in [-0.05, 0) is 59.1 Å². The molecule has 0 aliphatic heterocycles. The Morgan fingerprint density at radius 2 is 1.80 bits per heavy atom. The summed E-state index contributed by atoms with van der Waals surface area (Å²) in [5.41, 5.74) is 1.81. The standard InChI is InChI=1S/C36H43N5O8S2/c1-7-8-9-12-26(28-13-10-11-24(2)34(28)49-6)21-33(42)38-30-20-25(14-16-29(30)36(3,4)5)23-39(35-37-18-19-50-35)51(47,48)32-17-15-27(40(43)44)22-31(32)41(45)46/h10-11,13-20,22,26H,7-9,12,21,23H2,1-6H3,(H,38,42). The van der Waals surface area contributed by atoms with Crippen LogP contribution >= 0.6 is 11.3 Å². The van der Waals surface area contributed by atoms with Gasteiger partial charge in [0.1, 0.15) is 5.75 Å². The maximum absolute atomic E-state index is 14.1. The number of hydrogen-bond donors (Lipinski definition) is 1. The molecule has 0 aliphatic rings. The maximum atomic E-state index is 14.1. The minimum Gasteiger partial charge on any atom is -0.496 e. The Morgan fingerprint density at radius 3 is 2.41 bits per heavy atom. The number of para-hydroxylation sites is 1. The molecule has 4 rings (SSSR count). The fraction of sp³-hybridized carbons (Fsp3) is 0.389. The van der Waals surface area contributed by atoms with Gasteiger partial charge < -0.3 is 10.1 Å². The molecule has 0 saturated heterocycles. The van der Waals surface area contributed by atoms with Crippen LogP contribution in [0.25, 0.3) is 0 Å². The number of nitrogens with zero attached hydrogens (tertiary/aromatic N) is 4. The molecule has 1 heterocycles. The molecule has 4 aromatic rings. The highest BCUT2D eigenvalue weighted by atomic mass is 32.2. The Hall–Kier alpha value is -4.89. The van der Waals surface area contributed by atoms with Crippen molar-refractivity contribution in [2.45, 2.75) is 89.5 Å². The first kappa shape index (κ1) is 38.9. The number of nitro groups is 2. The molecule has 15 heteroatoms. The molecule has 1 aromatic heterocycles. The quantitative estimate of drug-likeness (QED) is 0.0670. The molecule has 0 bridgehead atoms. The number of amides is 1. The van der Waals surface area contributed by atoms with Crippen LogP contribution in [0.3, 0.4) is 0 Å². The highest BCUT2D eigenvalue weighted by molar-refractivity contribution is 7.93. The number of unbranched alkanes of at least 4 members (excludes halogenated alkanes) is 2. The molecule has 0 saturated carbocycles. The van der Waals surface area contributed by atoms with Crippen LogP contribution < -0.4 is 14.4 Å². The van der Waals surface area contributed by atoms with E-state index in [1.807, 2.05) is 52.0 Å². The van der Waals surface area contributed by atoms with Crippen LogP contribution in [0.2, 0.25) is 0 Å². The van der Waals surface area contributed by atoms with E-state index in [9.17, 15) is 33.4 Å². The number of methoxy groups -OCH3 is 1. The van der Waals surface area contributed by atoms with Gasteiger partial charge in [0, 0.05) is 29.8 Å². The fourth-order valence-electron chi connectivity index (χ4n) is 6.02. The van der Waals surface area contributed by atoms with E-state index < -0.39 is 41.6 Å². The third kappa shape index (κ3) is 9.27. The van der Waals surface area contributed by atoms with Gasteiger partial charge in [-0.1, -0.05) is 77.3 Å². The van der Waals surface area contributed by atoms with Gasteiger partial charge in [0.25, 0.3) is 21.4 Å². The van der Waals surface area contributed by atoms with Gasteiger partial charge in [-0.2, -0.15) is 0 Å². The normalized spacial score (nSPS) is 12.3. The number of nitro benzene ring substituents is 2. The van der Waals surface area contributed by atoms with Gasteiger partial charge in [-0.3, -0.25) is 25.0 Å². The molecular weight excluding hydrogens is 695 g/mol. The van der Waals surface area contributed by atoms with Gasteiger partial charge in [-0.15, -0.1) is 11.3 Å². The summed E-state index contributed by atoms with van der Waals surface area (Å²) >= 11 is 1.01. The highest BCUT2D eigenvalue weighted by Crippen LogP contribution is 2.38. The predicted octanol–water partition coefficient (Wildman–Crippen LogP) is 8.66. The molecule has 51 heavy (non-hydrogen) atoms. The average Bonchev–Trinajstić information content (AvgIpc) is 3.60. The molecule has 1 N–H and O–H groups in total. The van der Waals surface area contributed by atoms with Crippen molar-refractivity contribution in [1.82, 2.24) is 4.98 Å². The van der Waals surface area contributed by atoms with Crippen LogP contribution in [-0.2, 0) is 26.8 Å². The number of hydrogen-bond acceptors (Lipinski definition) is 10. The Labute approximate surface area is 302 Å². The topological polar surface area (TPSA) is 175 Å². The Balaban J connectivity index is 1.72. The van der Waals surface area contributed by atoms with E-state index in [1.165, 1.54) is 6.20 Å². The van der Waals surface area contributed by atoms with Gasteiger partial charge in [-0.25, -0.2) is 17.7 Å². The summed E-state index contributed by atoms with van der Waals surface area (Å²) < 4.78 is 34.9. The average molecular weight is 738 g/mol. The number of carbonyl (C=O) groups excluding carboxylic acids is 1. The number of benzene rings is 3. The van der Waals surface area contributed by atoms with E-state index in [0.717, 1.165) is 75.9 Å². The lowest BCUT2D eigenvalue weighted by molar-refractivity contribution is -0.396. The van der Waals surface area contributed by atoms with Crippen molar-refractivity contribution in [3.05, 3.63) is 109 Å². The monoisotopic (exact) mass is 737 g/mol. The van der Waals surface area contributed by atoms with Crippen LogP contribution in [0.4, 0.5) is 22.2 Å². The third-order valence-corrected chi connectivity index (χ3v) is 11.2. The second kappa shape index (κ2) is 16.4. The third-order valence-electron chi connectivity index (χ3n) is 8.52. The summed E-state index contributed by atoms with van der Waals surface area (Å²) in [6, 6.07) is 13.6. The van der Waals surface area contributed by atoms with Crippen molar-refractivity contribution in [2.75, 3.05) is 16.7 Å². The first-order chi connectivity index (χ1) is 24.1. The van der Waals surface area contributed by atoms with Crippen molar-refractivity contribution in [2.24, 2.45) is 0 Å². The first-order valence-corrected chi connectivity index (χ1v) is 18.8. The number of sulfonamides is 1. The number of rotatable bonds is 16. The Bertz CT molecular complexity index is 1990. The lowest BCUT2D eigenvalue weighted by Crippen LogP contribution is -2.31. The number of non-ortho nitro benzene ring substituents is 1. The van der Waals surface area contributed by atoms with E-state index in [4.69, 9.17) is 4.74 Å². The summed E-state index contributed by atoms with van der Waals surface area (Å²) in [6.07, 6.45) is 5.41. The summed E-state index contributed by atoms with van der Waals surface area (Å²) in [4.78, 5) is 38.8. The molecule has 0 radical (unpaired) electrons. The van der Waals surface area contributed by atoms with Crippen molar-refractivity contribution in [1.29, 1.82) is 0 Å². The zero-order valence-corrected chi connectivity index (χ0v) is 31.2. The van der Waals surface area contributed by atoms with E-state index >= 15 is 0 Å². The van der Waals surface area contributed by atoms with Crippen LogP contribution in [0.5, 0.6) is 5.75 Å². The summed E-state index contributed by atoms with van der Waals surface area (Å²) in [7, 11) is -3.03. The molecule has 0 aliphatic carbocycles. The van der Waals surface area contributed by atoms with Crippen LogP contribution in [0, 0.1) is 27.2 Å². The zero-order valence-electron chi connectivity index (χ0n) is 29.5. The van der Waals surface area contributed by atoms with Crippen molar-refractivity contribution < 1.29 is 27.8 Å². The van der Waals surface area contributed by atoms with Crippen molar-refractivity contribution >= 4 is 49.5 Å². The molecular formula is C36H43N5O8S2. The van der Waals surface area contributed by atoms with E-state index in [1.54, 1.807) is 24.6 Å². The Morgan fingerprint density at radius 1 is 1.06 bits per heavy atom. The largest absolute Gasteiger partial charge is 0.496 e. The zero-order chi connectivity index (χ0) is 37.5. The first-order valence-electron chi connectivity index (χ1n) is 16.5. The number of aromatic nitrogens is 1. The number of anilines is 2. The number of thiazole rings is 1. The predicted molar refractivity (Wildman–Crippen MR) is 198 cm³/mol. The molecule has 1 unspecified atom stereocenters. The van der Waals surface area contributed by atoms with Gasteiger partial charge in [0.2, 0.25) is 5.91 Å². The van der Waals surface area contributed by atoms with Gasteiger partial charge >= 0.3 is 0 Å². The fourth-order valence-corrected chi connectivity index (χ4v) is 8.43. The molecule has 0 spiro atoms. The minimum atomic E-state index is -4.66. The minimum absolute atomic E-state index is 0.0372. The van der Waals surface area contributed by atoms with Crippen LogP contribution in [0.1, 0.15) is 88.0 Å². The molecule has 3 aromatic carbocycles. The number of carbonyl (C=O) groups is 1. The summed E-state index contributed by atoms with van der Waals surface area (Å²) in [6.45, 7) is 9.82. The number of ether oxygens (including phenoxy) is 1. The summed E-state index contributed by atoms with van der Waals surface area (Å²) in [5, 5.41) is 27.9. The highest BCUT2D eigenvalue weighted by Gasteiger charge is 2.35. The van der Waals surface area contributed by atoms with Gasteiger partial charge in [0.15, 0.2) is 10.0 Å². The maximum Gasteiger partial charge on any atom is 0.296 e. The van der Waals surface area contributed by atoms with E-state index in [0.29, 0.717) is 17.3 Å². The molecule has 0 fully saturated rings. The smallest absolute Gasteiger partial charge is 0.296 e. The number of aryl methyl sites for hydroxylation is 1. The molecule has 272 valence electrons. The van der Waals surface area contributed by atoms with E-state index in [2.05, 4.69) is 17.2 Å². The van der Waals surface area contributed by atoms with Crippen LogP contribution in [-0.4, -0.2) is 36.3 Å². The second-order valence-electron chi connectivity index (χ2n) is 13.3. The lowest BCUT2D eigenvalue weighted by Gasteiger charge is -2.26.